The molecule has 0 aromatic heterocycles. The molecule has 0 aromatic rings. The quantitative estimate of drug-likeness (QED) is 0.521. The zero-order chi connectivity index (χ0) is 8.77. The molecule has 2 rings (SSSR count). The van der Waals surface area contributed by atoms with Crippen molar-refractivity contribution in [1.82, 2.24) is 0 Å². The molecule has 0 aliphatic carbocycles. The average Bonchev–Trinajstić information content (AvgIpc) is 2.56. The van der Waals surface area contributed by atoms with Gasteiger partial charge in [0.15, 0.2) is 0 Å². The number of aliphatic hydroxyl groups excluding tert-OH is 1. The van der Waals surface area contributed by atoms with Crippen molar-refractivity contribution in [2.75, 3.05) is 20.3 Å². The largest absolute Gasteiger partial charge is 0.393 e. The molecule has 1 N–H and O–H groups in total. The summed E-state index contributed by atoms with van der Waals surface area (Å²) in [5, 5.41) is 9.12. The molecule has 0 spiro atoms. The zero-order valence-corrected chi connectivity index (χ0v) is 6.90. The van der Waals surface area contributed by atoms with Crippen LogP contribution in [0.25, 0.3) is 0 Å². The summed E-state index contributed by atoms with van der Waals surface area (Å²) in [6.45, 7) is 0.246. The van der Waals surface area contributed by atoms with E-state index in [2.05, 4.69) is 0 Å². The summed E-state index contributed by atoms with van der Waals surface area (Å²) in [4.78, 5) is 0. The Hall–Kier alpha value is -0.0951. The van der Waals surface area contributed by atoms with Gasteiger partial charge in [-0.2, -0.15) is 0 Å². The summed E-state index contributed by atoms with van der Waals surface area (Å²) in [5.41, 5.74) is -0.723. The predicted molar refractivity (Wildman–Crippen MR) is 41.0 cm³/mol. The highest BCUT2D eigenvalue weighted by molar-refractivity contribution is 6.11. The maximum Gasteiger partial charge on any atom is 0.142 e. The fraction of sp³-hybridized carbons (Fsp3) is 1.00. The highest BCUT2D eigenvalue weighted by Crippen LogP contribution is 2.40. The molecular formula is C7H11BO4. The first kappa shape index (κ1) is 8.50. The first-order valence-corrected chi connectivity index (χ1v) is 3.92. The Morgan fingerprint density at radius 1 is 1.75 bits per heavy atom. The number of ether oxygens (including phenoxy) is 3. The van der Waals surface area contributed by atoms with Gasteiger partial charge in [-0.05, 0) is 0 Å². The number of rotatable bonds is 2. The zero-order valence-electron chi connectivity index (χ0n) is 6.90. The SMILES string of the molecule is [B]C1OC2(CO)COC1C2OC. The maximum atomic E-state index is 9.12. The Labute approximate surface area is 72.2 Å². The Morgan fingerprint density at radius 2 is 2.50 bits per heavy atom. The van der Waals surface area contributed by atoms with E-state index in [1.54, 1.807) is 7.11 Å². The topological polar surface area (TPSA) is 47.9 Å². The van der Waals surface area contributed by atoms with Crippen LogP contribution in [0, 0.1) is 0 Å². The Bertz CT molecular complexity index is 188. The number of methoxy groups -OCH3 is 1. The van der Waals surface area contributed by atoms with Crippen LogP contribution >= 0.6 is 0 Å². The van der Waals surface area contributed by atoms with Crippen LogP contribution in [0.15, 0.2) is 0 Å². The van der Waals surface area contributed by atoms with Gasteiger partial charge in [-0.1, -0.05) is 0 Å². The minimum atomic E-state index is -0.723. The molecule has 0 saturated carbocycles. The van der Waals surface area contributed by atoms with E-state index in [1.807, 2.05) is 0 Å². The molecular weight excluding hydrogens is 159 g/mol. The van der Waals surface area contributed by atoms with Crippen LogP contribution in [0.4, 0.5) is 0 Å². The molecule has 0 amide bonds. The third-order valence-corrected chi connectivity index (χ3v) is 2.55. The van der Waals surface area contributed by atoms with Gasteiger partial charge < -0.3 is 19.3 Å². The van der Waals surface area contributed by atoms with E-state index in [9.17, 15) is 0 Å². The summed E-state index contributed by atoms with van der Waals surface area (Å²) in [6, 6.07) is -0.476. The molecule has 4 unspecified atom stereocenters. The van der Waals surface area contributed by atoms with Gasteiger partial charge in [-0.25, -0.2) is 0 Å². The smallest absolute Gasteiger partial charge is 0.142 e. The van der Waals surface area contributed by atoms with Crippen LogP contribution in [0.5, 0.6) is 0 Å². The lowest BCUT2D eigenvalue weighted by Crippen LogP contribution is -2.45. The molecule has 0 aromatic carbocycles. The third-order valence-electron chi connectivity index (χ3n) is 2.55. The van der Waals surface area contributed by atoms with Crippen molar-refractivity contribution in [3.05, 3.63) is 0 Å². The van der Waals surface area contributed by atoms with Crippen LogP contribution < -0.4 is 0 Å². The molecule has 4 atom stereocenters. The van der Waals surface area contributed by atoms with Gasteiger partial charge in [-0.15, -0.1) is 0 Å². The van der Waals surface area contributed by atoms with Gasteiger partial charge in [0.05, 0.1) is 13.2 Å². The van der Waals surface area contributed by atoms with Gasteiger partial charge in [0.2, 0.25) is 0 Å². The van der Waals surface area contributed by atoms with Crippen LogP contribution in [-0.2, 0) is 14.2 Å². The second kappa shape index (κ2) is 2.70. The van der Waals surface area contributed by atoms with Gasteiger partial charge in [-0.3, -0.25) is 0 Å². The van der Waals surface area contributed by atoms with Gasteiger partial charge in [0.1, 0.15) is 25.7 Å². The highest BCUT2D eigenvalue weighted by atomic mass is 16.7. The van der Waals surface area contributed by atoms with Crippen LogP contribution in [-0.4, -0.2) is 57.1 Å². The van der Waals surface area contributed by atoms with Crippen LogP contribution in [0.2, 0.25) is 0 Å². The summed E-state index contributed by atoms with van der Waals surface area (Å²) < 4.78 is 15.9. The van der Waals surface area contributed by atoms with Crippen molar-refractivity contribution in [1.29, 1.82) is 0 Å². The third kappa shape index (κ3) is 0.878. The standard InChI is InChI=1S/C7H11BO4/c1-10-5-4-6(8)12-7(5,2-9)3-11-4/h4-6,9H,2-3H2,1H3. The molecule has 66 valence electrons. The van der Waals surface area contributed by atoms with Crippen LogP contribution in [0.1, 0.15) is 0 Å². The fourth-order valence-electron chi connectivity index (χ4n) is 1.93. The van der Waals surface area contributed by atoms with Crippen molar-refractivity contribution in [3.63, 3.8) is 0 Å². The molecule has 4 nitrogen and oxygen atoms in total. The van der Waals surface area contributed by atoms with Crippen molar-refractivity contribution < 1.29 is 19.3 Å². The first-order chi connectivity index (χ1) is 5.73. The normalized spacial score (nSPS) is 51.7. The lowest BCUT2D eigenvalue weighted by molar-refractivity contribution is -0.138. The van der Waals surface area contributed by atoms with Gasteiger partial charge in [0.25, 0.3) is 0 Å². The Morgan fingerprint density at radius 3 is 2.92 bits per heavy atom. The molecule has 2 aliphatic heterocycles. The number of aliphatic hydroxyl groups is 1. The molecule has 5 heteroatoms. The highest BCUT2D eigenvalue weighted by Gasteiger charge is 2.59. The minimum absolute atomic E-state index is 0.115. The van der Waals surface area contributed by atoms with Gasteiger partial charge in [0, 0.05) is 13.1 Å². The molecule has 12 heavy (non-hydrogen) atoms. The molecule has 2 heterocycles. The van der Waals surface area contributed by atoms with E-state index in [0.29, 0.717) is 6.61 Å². The van der Waals surface area contributed by atoms with E-state index < -0.39 is 11.6 Å². The molecule has 2 bridgehead atoms. The monoisotopic (exact) mass is 170 g/mol. The summed E-state index contributed by atoms with van der Waals surface area (Å²) in [6.07, 6.45) is -0.473. The maximum absolute atomic E-state index is 9.12. The fourth-order valence-corrected chi connectivity index (χ4v) is 1.93. The average molecular weight is 170 g/mol. The molecule has 2 fully saturated rings. The lowest BCUT2D eigenvalue weighted by Gasteiger charge is -2.28. The molecule has 2 saturated heterocycles. The van der Waals surface area contributed by atoms with E-state index in [-0.39, 0.29) is 18.8 Å². The Balaban J connectivity index is 2.23. The second-order valence-corrected chi connectivity index (χ2v) is 3.24. The number of hydrogen-bond donors (Lipinski definition) is 1. The molecule has 2 aliphatic rings. The van der Waals surface area contributed by atoms with E-state index in [1.165, 1.54) is 0 Å². The van der Waals surface area contributed by atoms with Crippen LogP contribution in [0.3, 0.4) is 0 Å². The van der Waals surface area contributed by atoms with Crippen molar-refractivity contribution in [2.45, 2.75) is 23.8 Å². The second-order valence-electron chi connectivity index (χ2n) is 3.24. The Kier molecular flexibility index (Phi) is 1.91. The lowest BCUT2D eigenvalue weighted by atomic mass is 9.92. The number of hydrogen-bond acceptors (Lipinski definition) is 4. The van der Waals surface area contributed by atoms with Gasteiger partial charge >= 0.3 is 0 Å². The number of fused-ring (bicyclic) bond motifs is 2. The van der Waals surface area contributed by atoms with Crippen molar-refractivity contribution in [3.8, 4) is 0 Å². The summed E-state index contributed by atoms with van der Waals surface area (Å²) >= 11 is 0. The first-order valence-electron chi connectivity index (χ1n) is 3.92. The summed E-state index contributed by atoms with van der Waals surface area (Å²) in [7, 11) is 7.18. The summed E-state index contributed by atoms with van der Waals surface area (Å²) in [5.74, 6) is 0. The minimum Gasteiger partial charge on any atom is -0.393 e. The molecule has 2 radical (unpaired) electrons. The van der Waals surface area contributed by atoms with Crippen molar-refractivity contribution >= 4 is 7.85 Å². The predicted octanol–water partition coefficient (Wildman–Crippen LogP) is -1.34. The van der Waals surface area contributed by atoms with Crippen molar-refractivity contribution in [2.24, 2.45) is 0 Å². The van der Waals surface area contributed by atoms with E-state index >= 15 is 0 Å². The van der Waals surface area contributed by atoms with E-state index in [4.69, 9.17) is 27.2 Å². The van der Waals surface area contributed by atoms with E-state index in [0.717, 1.165) is 0 Å².